The van der Waals surface area contributed by atoms with Gasteiger partial charge < -0.3 is 4.90 Å². The molecule has 4 heterocycles. The smallest absolute Gasteiger partial charge is 0.337 e. The fourth-order valence-electron chi connectivity index (χ4n) is 6.42. The van der Waals surface area contributed by atoms with Crippen molar-refractivity contribution in [2.45, 2.75) is 70.6 Å². The van der Waals surface area contributed by atoms with E-state index < -0.39 is 17.2 Å². The number of hydrogen-bond acceptors (Lipinski definition) is 4. The topological polar surface area (TPSA) is 49.3 Å². The van der Waals surface area contributed by atoms with Crippen molar-refractivity contribution in [2.24, 2.45) is 11.3 Å². The molecule has 188 valence electrons. The van der Waals surface area contributed by atoms with E-state index >= 15 is 0 Å². The maximum absolute atomic E-state index is 14.0. The van der Waals surface area contributed by atoms with Crippen molar-refractivity contribution in [1.82, 2.24) is 19.8 Å². The lowest BCUT2D eigenvalue weighted by Gasteiger charge is -2.40. The molecule has 3 atom stereocenters. The Labute approximate surface area is 204 Å². The lowest BCUT2D eigenvalue weighted by Crippen LogP contribution is -2.48. The van der Waals surface area contributed by atoms with Crippen molar-refractivity contribution < 1.29 is 18.0 Å². The van der Waals surface area contributed by atoms with E-state index in [0.29, 0.717) is 36.2 Å². The number of carbonyl (C=O) groups excluding carboxylic acids is 1. The van der Waals surface area contributed by atoms with E-state index in [2.05, 4.69) is 40.8 Å². The molecule has 1 amide bonds. The van der Waals surface area contributed by atoms with Gasteiger partial charge in [-0.1, -0.05) is 13.8 Å². The molecule has 0 spiro atoms. The first-order valence-corrected chi connectivity index (χ1v) is 12.7. The van der Waals surface area contributed by atoms with Crippen molar-refractivity contribution in [2.75, 3.05) is 19.6 Å². The van der Waals surface area contributed by atoms with Crippen molar-refractivity contribution in [3.05, 3.63) is 59.2 Å². The summed E-state index contributed by atoms with van der Waals surface area (Å²) in [6, 6.07) is 5.73. The van der Waals surface area contributed by atoms with Gasteiger partial charge in [0.25, 0.3) is 0 Å². The van der Waals surface area contributed by atoms with E-state index in [0.717, 1.165) is 45.0 Å². The molecular weight excluding hydrogens is 453 g/mol. The maximum Gasteiger partial charge on any atom is 0.417 e. The molecule has 1 saturated carbocycles. The summed E-state index contributed by atoms with van der Waals surface area (Å²) in [4.78, 5) is 26.5. The number of likely N-dealkylation sites (tertiary alicyclic amines) is 1. The van der Waals surface area contributed by atoms with Crippen LogP contribution in [-0.4, -0.2) is 51.4 Å². The van der Waals surface area contributed by atoms with Crippen LogP contribution in [0.1, 0.15) is 67.8 Å². The Bertz CT molecular complexity index is 1070. The Morgan fingerprint density at radius 2 is 1.94 bits per heavy atom. The summed E-state index contributed by atoms with van der Waals surface area (Å²) < 4.78 is 39.7. The number of amides is 1. The highest BCUT2D eigenvalue weighted by molar-refractivity contribution is 5.83. The highest BCUT2D eigenvalue weighted by Crippen LogP contribution is 2.49. The van der Waals surface area contributed by atoms with Gasteiger partial charge in [0.1, 0.15) is 0 Å². The van der Waals surface area contributed by atoms with Gasteiger partial charge in [-0.15, -0.1) is 0 Å². The zero-order valence-electron chi connectivity index (χ0n) is 20.4. The average molecular weight is 487 g/mol. The first-order chi connectivity index (χ1) is 16.7. The standard InChI is InChI=1S/C27H33F3N4O/c1-18(2)26(8-3-23(14-26)33-11-6-20(16-33)19-4-9-31-10-5-19)25(35)34-12-7-24-21(17-34)13-22(15-32-24)27(28,29)30/h4-5,9-10,13,15,18,20,23H,3,6-8,11-12,14,16-17H2,1-2H3/t20?,23?,26-/m0/s1. The second-order valence-electron chi connectivity index (χ2n) is 10.8. The number of carbonyl (C=O) groups is 1. The zero-order valence-corrected chi connectivity index (χ0v) is 20.4. The van der Waals surface area contributed by atoms with E-state index in [1.165, 1.54) is 11.6 Å². The monoisotopic (exact) mass is 486 g/mol. The molecule has 5 rings (SSSR count). The normalized spacial score (nSPS) is 27.4. The molecule has 2 unspecified atom stereocenters. The first-order valence-electron chi connectivity index (χ1n) is 12.7. The van der Waals surface area contributed by atoms with Gasteiger partial charge in [-0.2, -0.15) is 13.2 Å². The van der Waals surface area contributed by atoms with Crippen LogP contribution < -0.4 is 0 Å². The van der Waals surface area contributed by atoms with Gasteiger partial charge in [0.2, 0.25) is 5.91 Å². The molecule has 0 N–H and O–H groups in total. The second-order valence-corrected chi connectivity index (χ2v) is 10.8. The highest BCUT2D eigenvalue weighted by atomic mass is 19.4. The summed E-state index contributed by atoms with van der Waals surface area (Å²) in [5.74, 6) is 0.763. The summed E-state index contributed by atoms with van der Waals surface area (Å²) in [5.41, 5.74) is 1.30. The maximum atomic E-state index is 14.0. The summed E-state index contributed by atoms with van der Waals surface area (Å²) >= 11 is 0. The van der Waals surface area contributed by atoms with Crippen LogP contribution in [-0.2, 0) is 23.9 Å². The zero-order chi connectivity index (χ0) is 24.8. The van der Waals surface area contributed by atoms with Crippen molar-refractivity contribution in [1.29, 1.82) is 0 Å². The van der Waals surface area contributed by atoms with Crippen LogP contribution in [0.5, 0.6) is 0 Å². The van der Waals surface area contributed by atoms with Crippen LogP contribution in [0, 0.1) is 11.3 Å². The van der Waals surface area contributed by atoms with Crippen LogP contribution in [0.4, 0.5) is 13.2 Å². The minimum absolute atomic E-state index is 0.0999. The molecule has 2 aromatic rings. The molecule has 3 aliphatic rings. The summed E-state index contributed by atoms with van der Waals surface area (Å²) in [7, 11) is 0. The fraction of sp³-hybridized carbons (Fsp3) is 0.593. The van der Waals surface area contributed by atoms with Gasteiger partial charge in [-0.3, -0.25) is 19.7 Å². The van der Waals surface area contributed by atoms with Crippen LogP contribution >= 0.6 is 0 Å². The predicted molar refractivity (Wildman–Crippen MR) is 126 cm³/mol. The average Bonchev–Trinajstić information content (AvgIpc) is 3.51. The van der Waals surface area contributed by atoms with Gasteiger partial charge in [-0.25, -0.2) is 0 Å². The summed E-state index contributed by atoms with van der Waals surface area (Å²) in [5, 5.41) is 0. The molecule has 35 heavy (non-hydrogen) atoms. The Kier molecular flexibility index (Phi) is 6.36. The molecule has 2 aromatic heterocycles. The van der Waals surface area contributed by atoms with Crippen LogP contribution in [0.3, 0.4) is 0 Å². The minimum Gasteiger partial charge on any atom is -0.337 e. The van der Waals surface area contributed by atoms with Crippen LogP contribution in [0.15, 0.2) is 36.8 Å². The molecule has 8 heteroatoms. The fourth-order valence-corrected chi connectivity index (χ4v) is 6.42. The number of fused-ring (bicyclic) bond motifs is 1. The number of aromatic nitrogens is 2. The SMILES string of the molecule is CC(C)[C@]1(C(=O)N2CCc3ncc(C(F)(F)F)cc3C2)CCC(N2CCC(c3ccncc3)C2)C1. The quantitative estimate of drug-likeness (QED) is 0.606. The largest absolute Gasteiger partial charge is 0.417 e. The van der Waals surface area contributed by atoms with E-state index in [1.807, 2.05) is 12.4 Å². The van der Waals surface area contributed by atoms with E-state index in [-0.39, 0.29) is 18.4 Å². The molecule has 1 saturated heterocycles. The van der Waals surface area contributed by atoms with E-state index in [4.69, 9.17) is 0 Å². The van der Waals surface area contributed by atoms with Crippen molar-refractivity contribution >= 4 is 5.91 Å². The molecule has 0 radical (unpaired) electrons. The van der Waals surface area contributed by atoms with Gasteiger partial charge >= 0.3 is 6.18 Å². The van der Waals surface area contributed by atoms with Crippen molar-refractivity contribution in [3.8, 4) is 0 Å². The Morgan fingerprint density at radius 3 is 2.66 bits per heavy atom. The van der Waals surface area contributed by atoms with Gasteiger partial charge in [0, 0.05) is 56.4 Å². The van der Waals surface area contributed by atoms with Gasteiger partial charge in [0.15, 0.2) is 0 Å². The minimum atomic E-state index is -4.43. The molecule has 2 fully saturated rings. The van der Waals surface area contributed by atoms with E-state index in [1.54, 1.807) is 4.90 Å². The number of rotatable bonds is 4. The molecule has 0 bridgehead atoms. The molecule has 5 nitrogen and oxygen atoms in total. The van der Waals surface area contributed by atoms with Gasteiger partial charge in [0.05, 0.1) is 11.0 Å². The second kappa shape index (κ2) is 9.19. The Morgan fingerprint density at radius 1 is 1.17 bits per heavy atom. The predicted octanol–water partition coefficient (Wildman–Crippen LogP) is 5.06. The van der Waals surface area contributed by atoms with Crippen molar-refractivity contribution in [3.63, 3.8) is 0 Å². The lowest BCUT2D eigenvalue weighted by molar-refractivity contribution is -0.146. The van der Waals surface area contributed by atoms with E-state index in [9.17, 15) is 18.0 Å². The van der Waals surface area contributed by atoms with Gasteiger partial charge in [-0.05, 0) is 73.4 Å². The Balaban J connectivity index is 1.30. The van der Waals surface area contributed by atoms with Crippen LogP contribution in [0.2, 0.25) is 0 Å². The molecule has 1 aliphatic carbocycles. The molecular formula is C27H33F3N4O. The third-order valence-corrected chi connectivity index (χ3v) is 8.62. The number of alkyl halides is 3. The molecule has 2 aliphatic heterocycles. The first kappa shape index (κ1) is 24.2. The Hall–Kier alpha value is -2.48. The number of nitrogens with zero attached hydrogens (tertiary/aromatic N) is 4. The number of hydrogen-bond donors (Lipinski definition) is 0. The number of pyridine rings is 2. The van der Waals surface area contributed by atoms with Crippen LogP contribution in [0.25, 0.3) is 0 Å². The summed E-state index contributed by atoms with van der Waals surface area (Å²) in [6.45, 7) is 6.98. The molecule has 0 aromatic carbocycles. The third kappa shape index (κ3) is 4.57. The number of halogens is 3. The lowest BCUT2D eigenvalue weighted by atomic mass is 9.74. The summed E-state index contributed by atoms with van der Waals surface area (Å²) in [6.07, 6.45) is 4.40. The third-order valence-electron chi connectivity index (χ3n) is 8.62. The highest BCUT2D eigenvalue weighted by Gasteiger charge is 2.51.